The molecule has 0 spiro atoms. The molecule has 0 aromatic carbocycles. The molecule has 0 aromatic rings. The monoisotopic (exact) mass is 147 g/mol. The van der Waals surface area contributed by atoms with E-state index in [0.29, 0.717) is 5.92 Å². The number of hydrogen-bond acceptors (Lipinski definition) is 1. The maximum Gasteiger partial charge on any atom is 0.0950 e. The van der Waals surface area contributed by atoms with Crippen LogP contribution in [0.2, 0.25) is 0 Å². The molecular formula is C10H13N. The van der Waals surface area contributed by atoms with Gasteiger partial charge in [-0.3, -0.25) is 0 Å². The Morgan fingerprint density at radius 3 is 2.73 bits per heavy atom. The summed E-state index contributed by atoms with van der Waals surface area (Å²) < 4.78 is 0. The number of nitrogens with zero attached hydrogens (tertiary/aromatic N) is 1. The first-order valence-corrected chi connectivity index (χ1v) is 4.05. The van der Waals surface area contributed by atoms with Gasteiger partial charge in [-0.15, -0.1) is 0 Å². The SMILES string of the molecule is CC(C)C1=C(C#N)CCC=C1. The molecule has 0 fully saturated rings. The van der Waals surface area contributed by atoms with E-state index >= 15 is 0 Å². The van der Waals surface area contributed by atoms with Crippen LogP contribution in [-0.4, -0.2) is 0 Å². The third kappa shape index (κ3) is 1.71. The zero-order valence-corrected chi connectivity index (χ0v) is 7.09. The molecule has 0 amide bonds. The molecule has 0 N–H and O–H groups in total. The van der Waals surface area contributed by atoms with Crippen molar-refractivity contribution < 1.29 is 0 Å². The van der Waals surface area contributed by atoms with Crippen molar-refractivity contribution in [2.75, 3.05) is 0 Å². The average molecular weight is 147 g/mol. The number of allylic oxidation sites excluding steroid dienone is 4. The van der Waals surface area contributed by atoms with Gasteiger partial charge in [-0.25, -0.2) is 0 Å². The van der Waals surface area contributed by atoms with Crippen molar-refractivity contribution in [1.82, 2.24) is 0 Å². The van der Waals surface area contributed by atoms with Crippen LogP contribution in [0.4, 0.5) is 0 Å². The Morgan fingerprint density at radius 2 is 2.27 bits per heavy atom. The average Bonchev–Trinajstić information content (AvgIpc) is 2.04. The lowest BCUT2D eigenvalue weighted by Crippen LogP contribution is -1.99. The van der Waals surface area contributed by atoms with Crippen LogP contribution < -0.4 is 0 Å². The van der Waals surface area contributed by atoms with E-state index in [1.807, 2.05) is 0 Å². The fourth-order valence-corrected chi connectivity index (χ4v) is 1.34. The predicted octanol–water partition coefficient (Wildman–Crippen LogP) is 2.81. The molecule has 0 unspecified atom stereocenters. The summed E-state index contributed by atoms with van der Waals surface area (Å²) in [6, 6.07) is 2.26. The molecule has 1 aliphatic carbocycles. The van der Waals surface area contributed by atoms with Crippen LogP contribution in [-0.2, 0) is 0 Å². The van der Waals surface area contributed by atoms with E-state index in [9.17, 15) is 0 Å². The largest absolute Gasteiger partial charge is 0.193 e. The lowest BCUT2D eigenvalue weighted by Gasteiger charge is -2.13. The minimum atomic E-state index is 0.487. The summed E-state index contributed by atoms with van der Waals surface area (Å²) in [4.78, 5) is 0. The van der Waals surface area contributed by atoms with Crippen molar-refractivity contribution in [1.29, 1.82) is 5.26 Å². The fraction of sp³-hybridized carbons (Fsp3) is 0.500. The molecular weight excluding hydrogens is 134 g/mol. The highest BCUT2D eigenvalue weighted by molar-refractivity contribution is 5.38. The van der Waals surface area contributed by atoms with E-state index in [1.165, 1.54) is 5.57 Å². The molecule has 0 heterocycles. The standard InChI is InChI=1S/C10H13N/c1-8(2)10-6-4-3-5-9(10)7-11/h4,6,8H,3,5H2,1-2H3. The van der Waals surface area contributed by atoms with Crippen molar-refractivity contribution in [3.63, 3.8) is 0 Å². The minimum Gasteiger partial charge on any atom is -0.193 e. The van der Waals surface area contributed by atoms with Crippen molar-refractivity contribution in [3.8, 4) is 6.07 Å². The quantitative estimate of drug-likeness (QED) is 0.559. The topological polar surface area (TPSA) is 23.8 Å². The first-order chi connectivity index (χ1) is 5.25. The Labute approximate surface area is 68.0 Å². The second kappa shape index (κ2) is 3.39. The normalized spacial score (nSPS) is 17.3. The van der Waals surface area contributed by atoms with E-state index in [-0.39, 0.29) is 0 Å². The van der Waals surface area contributed by atoms with Crippen LogP contribution >= 0.6 is 0 Å². The molecule has 1 rings (SSSR count). The van der Waals surface area contributed by atoms with Gasteiger partial charge in [0.25, 0.3) is 0 Å². The lowest BCUT2D eigenvalue weighted by molar-refractivity contribution is 0.763. The molecule has 0 radical (unpaired) electrons. The van der Waals surface area contributed by atoms with E-state index in [4.69, 9.17) is 5.26 Å². The van der Waals surface area contributed by atoms with E-state index < -0.39 is 0 Å². The predicted molar refractivity (Wildman–Crippen MR) is 45.9 cm³/mol. The van der Waals surface area contributed by atoms with Crippen LogP contribution in [0.5, 0.6) is 0 Å². The van der Waals surface area contributed by atoms with Gasteiger partial charge in [0, 0.05) is 5.57 Å². The van der Waals surface area contributed by atoms with Gasteiger partial charge in [0.15, 0.2) is 0 Å². The van der Waals surface area contributed by atoms with Gasteiger partial charge in [-0.2, -0.15) is 5.26 Å². The van der Waals surface area contributed by atoms with Gasteiger partial charge < -0.3 is 0 Å². The Hall–Kier alpha value is -1.03. The molecule has 0 aliphatic heterocycles. The second-order valence-corrected chi connectivity index (χ2v) is 3.14. The highest BCUT2D eigenvalue weighted by atomic mass is 14.3. The van der Waals surface area contributed by atoms with Crippen LogP contribution in [0.25, 0.3) is 0 Å². The van der Waals surface area contributed by atoms with Crippen LogP contribution in [0.15, 0.2) is 23.3 Å². The smallest absolute Gasteiger partial charge is 0.0950 e. The maximum atomic E-state index is 8.77. The molecule has 11 heavy (non-hydrogen) atoms. The summed E-state index contributed by atoms with van der Waals surface area (Å²) in [5.41, 5.74) is 2.20. The van der Waals surface area contributed by atoms with E-state index in [0.717, 1.165) is 18.4 Å². The molecule has 1 nitrogen and oxygen atoms in total. The van der Waals surface area contributed by atoms with Crippen molar-refractivity contribution >= 4 is 0 Å². The molecule has 1 heteroatoms. The van der Waals surface area contributed by atoms with Crippen LogP contribution in [0.3, 0.4) is 0 Å². The third-order valence-corrected chi connectivity index (χ3v) is 1.96. The molecule has 0 saturated carbocycles. The summed E-state index contributed by atoms with van der Waals surface area (Å²) in [5, 5.41) is 8.77. The zero-order valence-electron chi connectivity index (χ0n) is 7.09. The van der Waals surface area contributed by atoms with Gasteiger partial charge in [0.05, 0.1) is 6.07 Å². The molecule has 0 atom stereocenters. The number of rotatable bonds is 1. The van der Waals surface area contributed by atoms with Crippen molar-refractivity contribution in [3.05, 3.63) is 23.3 Å². The summed E-state index contributed by atoms with van der Waals surface area (Å²) in [5.74, 6) is 0.487. The van der Waals surface area contributed by atoms with Gasteiger partial charge in [0.2, 0.25) is 0 Å². The second-order valence-electron chi connectivity index (χ2n) is 3.14. The summed E-state index contributed by atoms with van der Waals surface area (Å²) in [6.45, 7) is 4.25. The number of hydrogen-bond donors (Lipinski definition) is 0. The van der Waals surface area contributed by atoms with Crippen LogP contribution in [0.1, 0.15) is 26.7 Å². The molecule has 1 aliphatic rings. The van der Waals surface area contributed by atoms with Crippen molar-refractivity contribution in [2.24, 2.45) is 5.92 Å². The number of nitriles is 1. The maximum absolute atomic E-state index is 8.77. The summed E-state index contributed by atoms with van der Waals surface area (Å²) in [6.07, 6.45) is 6.20. The van der Waals surface area contributed by atoms with Gasteiger partial charge in [-0.1, -0.05) is 26.0 Å². The highest BCUT2D eigenvalue weighted by Crippen LogP contribution is 2.23. The lowest BCUT2D eigenvalue weighted by atomic mass is 9.91. The Balaban J connectivity index is 2.94. The fourth-order valence-electron chi connectivity index (χ4n) is 1.34. The van der Waals surface area contributed by atoms with Crippen LogP contribution in [0, 0.1) is 17.2 Å². The Kier molecular flexibility index (Phi) is 2.48. The van der Waals surface area contributed by atoms with E-state index in [1.54, 1.807) is 0 Å². The first-order valence-electron chi connectivity index (χ1n) is 4.05. The third-order valence-electron chi connectivity index (χ3n) is 1.96. The Morgan fingerprint density at radius 1 is 1.55 bits per heavy atom. The highest BCUT2D eigenvalue weighted by Gasteiger charge is 2.09. The van der Waals surface area contributed by atoms with Gasteiger partial charge in [-0.05, 0) is 24.3 Å². The first kappa shape index (κ1) is 8.07. The minimum absolute atomic E-state index is 0.487. The summed E-state index contributed by atoms with van der Waals surface area (Å²) >= 11 is 0. The Bertz CT molecular complexity index is 238. The molecule has 58 valence electrons. The molecule has 0 saturated heterocycles. The summed E-state index contributed by atoms with van der Waals surface area (Å²) in [7, 11) is 0. The molecule has 0 bridgehead atoms. The zero-order chi connectivity index (χ0) is 8.27. The van der Waals surface area contributed by atoms with E-state index in [2.05, 4.69) is 32.1 Å². The molecule has 0 aromatic heterocycles. The van der Waals surface area contributed by atoms with Gasteiger partial charge in [0.1, 0.15) is 0 Å². The van der Waals surface area contributed by atoms with Gasteiger partial charge >= 0.3 is 0 Å². The van der Waals surface area contributed by atoms with Crippen molar-refractivity contribution in [2.45, 2.75) is 26.7 Å².